The number of carboxylic acids is 1. The van der Waals surface area contributed by atoms with Gasteiger partial charge in [-0.3, -0.25) is 14.4 Å². The lowest BCUT2D eigenvalue weighted by Gasteiger charge is -2.20. The van der Waals surface area contributed by atoms with E-state index in [9.17, 15) is 19.2 Å². The summed E-state index contributed by atoms with van der Waals surface area (Å²) in [5.74, 6) is -3.82. The van der Waals surface area contributed by atoms with Crippen molar-refractivity contribution in [2.45, 2.75) is 12.5 Å². The average molecular weight is 537 g/mol. The highest BCUT2D eigenvalue weighted by Crippen LogP contribution is 2.31. The van der Waals surface area contributed by atoms with Gasteiger partial charge in [0.25, 0.3) is 0 Å². The van der Waals surface area contributed by atoms with Crippen LogP contribution in [0.3, 0.4) is 0 Å². The van der Waals surface area contributed by atoms with Gasteiger partial charge in [-0.1, -0.05) is 46.9 Å². The molecule has 0 bridgehead atoms. The minimum Gasteiger partial charge on any atom is -0.478 e. The molecule has 3 aromatic carbocycles. The SMILES string of the molecule is O=C(Nc1cc(Cl)ccc1N1C=COO1)C(=O)NC(Cc1ccccc1)C(=O)Nc1ccc(C(=O)O)cc1. The molecule has 3 aromatic rings. The van der Waals surface area contributed by atoms with Crippen LogP contribution in [0.1, 0.15) is 15.9 Å². The molecule has 38 heavy (non-hydrogen) atoms. The summed E-state index contributed by atoms with van der Waals surface area (Å²) in [6.07, 6.45) is 2.81. The molecule has 3 amide bonds. The van der Waals surface area contributed by atoms with Crippen LogP contribution in [-0.4, -0.2) is 34.8 Å². The van der Waals surface area contributed by atoms with E-state index in [-0.39, 0.29) is 17.7 Å². The van der Waals surface area contributed by atoms with Gasteiger partial charge in [-0.15, -0.1) is 0 Å². The van der Waals surface area contributed by atoms with Gasteiger partial charge < -0.3 is 25.9 Å². The van der Waals surface area contributed by atoms with Crippen LogP contribution in [0, 0.1) is 0 Å². The summed E-state index contributed by atoms with van der Waals surface area (Å²) in [6.45, 7) is 0. The standard InChI is InChI=1S/C26H21ClN4O7/c27-18-8-11-22(31-12-13-37-38-31)20(15-18)29-24(33)25(34)30-21(14-16-4-2-1-3-5-16)23(32)28-19-9-6-17(7-10-19)26(35)36/h1-13,15,21H,14H2,(H,28,32)(H,29,33)(H,30,34)(H,35,36). The molecule has 0 spiro atoms. The lowest BCUT2D eigenvalue weighted by Crippen LogP contribution is -2.49. The van der Waals surface area contributed by atoms with Crippen molar-refractivity contribution in [3.8, 4) is 0 Å². The smallest absolute Gasteiger partial charge is 0.335 e. The van der Waals surface area contributed by atoms with E-state index in [1.807, 2.05) is 6.07 Å². The fraction of sp³-hybridized carbons (Fsp3) is 0.0769. The number of carboxylic acid groups (broad SMARTS) is 1. The lowest BCUT2D eigenvalue weighted by atomic mass is 10.0. The second kappa shape index (κ2) is 11.9. The van der Waals surface area contributed by atoms with Crippen molar-refractivity contribution in [1.82, 2.24) is 5.32 Å². The van der Waals surface area contributed by atoms with Crippen LogP contribution in [0.15, 0.2) is 85.3 Å². The minimum atomic E-state index is -1.13. The first kappa shape index (κ1) is 26.2. The van der Waals surface area contributed by atoms with Crippen molar-refractivity contribution in [2.24, 2.45) is 0 Å². The van der Waals surface area contributed by atoms with Crippen LogP contribution in [0.5, 0.6) is 0 Å². The number of carbonyl (C=O) groups is 4. The number of nitrogens with zero attached hydrogens (tertiary/aromatic N) is 1. The number of aromatic carboxylic acids is 1. The number of anilines is 3. The van der Waals surface area contributed by atoms with Crippen molar-refractivity contribution in [3.05, 3.63) is 101 Å². The zero-order valence-corrected chi connectivity index (χ0v) is 20.3. The Morgan fingerprint density at radius 3 is 2.32 bits per heavy atom. The van der Waals surface area contributed by atoms with Gasteiger partial charge in [-0.25, -0.2) is 4.79 Å². The monoisotopic (exact) mass is 536 g/mol. The zero-order chi connectivity index (χ0) is 27.1. The lowest BCUT2D eigenvalue weighted by molar-refractivity contribution is -0.233. The van der Waals surface area contributed by atoms with Gasteiger partial charge >= 0.3 is 17.8 Å². The van der Waals surface area contributed by atoms with Crippen LogP contribution in [0.25, 0.3) is 0 Å². The van der Waals surface area contributed by atoms with E-state index in [1.54, 1.807) is 36.4 Å². The summed E-state index contributed by atoms with van der Waals surface area (Å²) >= 11 is 6.06. The molecule has 1 atom stereocenters. The van der Waals surface area contributed by atoms with E-state index in [0.717, 1.165) is 5.56 Å². The van der Waals surface area contributed by atoms with Gasteiger partial charge in [0.1, 0.15) is 6.04 Å². The Labute approximate surface area is 221 Å². The summed E-state index contributed by atoms with van der Waals surface area (Å²) in [6, 6.07) is 17.8. The van der Waals surface area contributed by atoms with E-state index >= 15 is 0 Å². The molecule has 0 saturated heterocycles. The second-order valence-electron chi connectivity index (χ2n) is 7.98. The van der Waals surface area contributed by atoms with E-state index in [4.69, 9.17) is 26.6 Å². The number of benzene rings is 3. The fourth-order valence-electron chi connectivity index (χ4n) is 3.48. The fourth-order valence-corrected chi connectivity index (χ4v) is 3.66. The van der Waals surface area contributed by atoms with Crippen LogP contribution < -0.4 is 21.0 Å². The number of nitrogens with one attached hydrogen (secondary N) is 3. The Morgan fingerprint density at radius 2 is 1.66 bits per heavy atom. The topological polar surface area (TPSA) is 146 Å². The Hall–Kier alpha value is -4.87. The highest BCUT2D eigenvalue weighted by atomic mass is 35.5. The molecule has 1 aliphatic heterocycles. The first-order valence-electron chi connectivity index (χ1n) is 11.2. The zero-order valence-electron chi connectivity index (χ0n) is 19.6. The normalized spacial score (nSPS) is 12.8. The quantitative estimate of drug-likeness (QED) is 0.253. The van der Waals surface area contributed by atoms with Crippen molar-refractivity contribution in [1.29, 1.82) is 0 Å². The van der Waals surface area contributed by atoms with Crippen molar-refractivity contribution >= 4 is 52.4 Å². The van der Waals surface area contributed by atoms with E-state index in [1.165, 1.54) is 47.9 Å². The van der Waals surface area contributed by atoms with Crippen LogP contribution in [0.4, 0.5) is 17.1 Å². The molecule has 4 N–H and O–H groups in total. The molecular formula is C26H21ClN4O7. The molecule has 4 rings (SSSR count). The second-order valence-corrected chi connectivity index (χ2v) is 8.42. The summed E-state index contributed by atoms with van der Waals surface area (Å²) in [5, 5.41) is 18.1. The Kier molecular flexibility index (Phi) is 8.21. The average Bonchev–Trinajstić information content (AvgIpc) is 3.44. The molecule has 0 fully saturated rings. The molecule has 0 aromatic heterocycles. The van der Waals surface area contributed by atoms with Crippen molar-refractivity contribution in [3.63, 3.8) is 0 Å². The molecule has 1 unspecified atom stereocenters. The maximum atomic E-state index is 13.1. The molecule has 11 nitrogen and oxygen atoms in total. The number of hydroxylamine groups is 1. The summed E-state index contributed by atoms with van der Waals surface area (Å²) in [5.41, 5.74) is 1.62. The first-order valence-corrected chi connectivity index (χ1v) is 11.6. The van der Waals surface area contributed by atoms with Crippen molar-refractivity contribution < 1.29 is 34.2 Å². The molecule has 1 aliphatic rings. The number of carbonyl (C=O) groups excluding carboxylic acids is 3. The Morgan fingerprint density at radius 1 is 0.921 bits per heavy atom. The van der Waals surface area contributed by atoms with Gasteiger partial charge in [0.05, 0.1) is 23.1 Å². The number of halogens is 1. The maximum absolute atomic E-state index is 13.1. The predicted molar refractivity (Wildman–Crippen MR) is 138 cm³/mol. The maximum Gasteiger partial charge on any atom is 0.335 e. The van der Waals surface area contributed by atoms with E-state index in [0.29, 0.717) is 16.4 Å². The number of amides is 3. The molecular weight excluding hydrogens is 516 g/mol. The third kappa shape index (κ3) is 6.66. The number of hydrogen-bond donors (Lipinski definition) is 4. The van der Waals surface area contributed by atoms with Crippen LogP contribution in [-0.2, 0) is 30.7 Å². The third-order valence-electron chi connectivity index (χ3n) is 5.33. The van der Waals surface area contributed by atoms with E-state index < -0.39 is 29.7 Å². The molecule has 0 saturated carbocycles. The summed E-state index contributed by atoms with van der Waals surface area (Å²) < 4.78 is 0. The van der Waals surface area contributed by atoms with Crippen molar-refractivity contribution in [2.75, 3.05) is 15.7 Å². The first-order chi connectivity index (χ1) is 18.3. The largest absolute Gasteiger partial charge is 0.478 e. The molecule has 0 radical (unpaired) electrons. The predicted octanol–water partition coefficient (Wildman–Crippen LogP) is 3.50. The highest BCUT2D eigenvalue weighted by Gasteiger charge is 2.26. The highest BCUT2D eigenvalue weighted by molar-refractivity contribution is 6.40. The van der Waals surface area contributed by atoms with Crippen LogP contribution >= 0.6 is 11.6 Å². The van der Waals surface area contributed by atoms with Gasteiger partial charge in [0, 0.05) is 17.1 Å². The van der Waals surface area contributed by atoms with Gasteiger partial charge in [-0.2, -0.15) is 5.06 Å². The molecule has 12 heteroatoms. The van der Waals surface area contributed by atoms with Crippen LogP contribution in [0.2, 0.25) is 5.02 Å². The van der Waals surface area contributed by atoms with Gasteiger partial charge in [0.2, 0.25) is 5.91 Å². The van der Waals surface area contributed by atoms with Gasteiger partial charge in [0.15, 0.2) is 6.26 Å². The molecule has 194 valence electrons. The van der Waals surface area contributed by atoms with Gasteiger partial charge in [-0.05, 0) is 48.0 Å². The Balaban J connectivity index is 1.49. The van der Waals surface area contributed by atoms with E-state index in [2.05, 4.69) is 16.0 Å². The Bertz CT molecular complexity index is 1380. The molecule has 0 aliphatic carbocycles. The summed E-state index contributed by atoms with van der Waals surface area (Å²) in [7, 11) is 0. The third-order valence-corrected chi connectivity index (χ3v) is 5.56. The number of rotatable bonds is 8. The number of hydrogen-bond acceptors (Lipinski definition) is 7. The summed E-state index contributed by atoms with van der Waals surface area (Å²) in [4.78, 5) is 59.5. The minimum absolute atomic E-state index is 0.0515. The molecule has 1 heterocycles.